The summed E-state index contributed by atoms with van der Waals surface area (Å²) < 4.78 is 21.3. The van der Waals surface area contributed by atoms with Crippen LogP contribution in [0.5, 0.6) is 0 Å². The number of anilines is 1. The standard InChI is InChI=1S/C26H27BrFN7O2/c1-26(13-37-14-26)25(36)34-6-4-18(5-7-34)30-12-21-22(27)23(29)35-24(33-21)19(11-32-35)16-8-15-9-17(28)2-3-20(15)31-10-16/h2-3,8-11,18,30H,4-7,12-14,29H2,1H3. The van der Waals surface area contributed by atoms with Crippen molar-refractivity contribution in [3.8, 4) is 11.1 Å². The molecule has 2 aliphatic rings. The number of nitrogens with zero attached hydrogens (tertiary/aromatic N) is 5. The van der Waals surface area contributed by atoms with Gasteiger partial charge >= 0.3 is 0 Å². The number of ether oxygens (including phenoxy) is 1. The molecule has 2 saturated heterocycles. The first-order chi connectivity index (χ1) is 17.8. The summed E-state index contributed by atoms with van der Waals surface area (Å²) in [4.78, 5) is 24.1. The average molecular weight is 568 g/mol. The van der Waals surface area contributed by atoms with Crippen LogP contribution in [0.1, 0.15) is 25.5 Å². The fourth-order valence-corrected chi connectivity index (χ4v) is 5.45. The molecular formula is C26H27BrFN7O2. The molecule has 2 fully saturated rings. The Morgan fingerprint density at radius 3 is 2.78 bits per heavy atom. The molecule has 5 heterocycles. The lowest BCUT2D eigenvalue weighted by molar-refractivity contribution is -0.169. The Morgan fingerprint density at radius 2 is 2.05 bits per heavy atom. The molecule has 3 aromatic heterocycles. The number of nitrogens with one attached hydrogen (secondary N) is 1. The SMILES string of the molecule is CC1(C(=O)N2CCC(NCc3nc4c(-c5cnc6ccc(F)cc6c5)cnn4c(N)c3Br)CC2)COC1. The van der Waals surface area contributed by atoms with Crippen molar-refractivity contribution in [3.63, 3.8) is 0 Å². The van der Waals surface area contributed by atoms with E-state index in [2.05, 4.69) is 31.3 Å². The summed E-state index contributed by atoms with van der Waals surface area (Å²) in [7, 11) is 0. The van der Waals surface area contributed by atoms with Crippen molar-refractivity contribution in [3.05, 3.63) is 52.6 Å². The van der Waals surface area contributed by atoms with E-state index in [0.717, 1.165) is 42.8 Å². The quantitative estimate of drug-likeness (QED) is 0.379. The lowest BCUT2D eigenvalue weighted by atomic mass is 9.86. The highest BCUT2D eigenvalue weighted by Gasteiger charge is 2.44. The van der Waals surface area contributed by atoms with E-state index in [9.17, 15) is 9.18 Å². The molecule has 9 nitrogen and oxygen atoms in total. The van der Waals surface area contributed by atoms with Crippen molar-refractivity contribution in [1.29, 1.82) is 0 Å². The second kappa shape index (κ2) is 9.30. The second-order valence-electron chi connectivity index (χ2n) is 10.1. The summed E-state index contributed by atoms with van der Waals surface area (Å²) in [6.07, 6.45) is 5.18. The lowest BCUT2D eigenvalue weighted by Crippen LogP contribution is -2.56. The van der Waals surface area contributed by atoms with Crippen molar-refractivity contribution in [1.82, 2.24) is 29.8 Å². The molecule has 0 bridgehead atoms. The number of hydrogen-bond donors (Lipinski definition) is 2. The summed E-state index contributed by atoms with van der Waals surface area (Å²) in [5, 5.41) is 8.72. The highest BCUT2D eigenvalue weighted by Crippen LogP contribution is 2.32. The Kier molecular flexibility index (Phi) is 6.09. The number of carbonyl (C=O) groups is 1. The molecule has 3 N–H and O–H groups in total. The van der Waals surface area contributed by atoms with Crippen LogP contribution in [0.4, 0.5) is 10.2 Å². The normalized spacial score (nSPS) is 17.9. The van der Waals surface area contributed by atoms with Crippen molar-refractivity contribution in [2.75, 3.05) is 32.0 Å². The van der Waals surface area contributed by atoms with Gasteiger partial charge in [-0.15, -0.1) is 0 Å². The van der Waals surface area contributed by atoms with Crippen LogP contribution in [-0.4, -0.2) is 62.7 Å². The molecule has 6 rings (SSSR count). The van der Waals surface area contributed by atoms with Gasteiger partial charge in [-0.3, -0.25) is 9.78 Å². The van der Waals surface area contributed by atoms with E-state index in [0.29, 0.717) is 46.6 Å². The number of carbonyl (C=O) groups excluding carboxylic acids is 1. The largest absolute Gasteiger partial charge is 0.383 e. The first-order valence-electron chi connectivity index (χ1n) is 12.3. The zero-order valence-corrected chi connectivity index (χ0v) is 22.0. The van der Waals surface area contributed by atoms with Crippen LogP contribution in [0.3, 0.4) is 0 Å². The molecular weight excluding hydrogens is 541 g/mol. The number of nitrogens with two attached hydrogens (primary N) is 1. The van der Waals surface area contributed by atoms with Crippen LogP contribution in [-0.2, 0) is 16.1 Å². The molecule has 0 aliphatic carbocycles. The fourth-order valence-electron chi connectivity index (χ4n) is 5.06. The van der Waals surface area contributed by atoms with Crippen molar-refractivity contribution in [2.24, 2.45) is 5.41 Å². The van der Waals surface area contributed by atoms with Gasteiger partial charge in [0.15, 0.2) is 5.65 Å². The molecule has 2 aliphatic heterocycles. The number of amides is 1. The van der Waals surface area contributed by atoms with Gasteiger partial charge in [-0.1, -0.05) is 0 Å². The van der Waals surface area contributed by atoms with Crippen LogP contribution in [0.2, 0.25) is 0 Å². The predicted molar refractivity (Wildman–Crippen MR) is 141 cm³/mol. The molecule has 1 amide bonds. The fraction of sp³-hybridized carbons (Fsp3) is 0.385. The summed E-state index contributed by atoms with van der Waals surface area (Å²) in [5.41, 5.74) is 9.67. The number of fused-ring (bicyclic) bond motifs is 2. The maximum absolute atomic E-state index is 13.8. The summed E-state index contributed by atoms with van der Waals surface area (Å²) in [6.45, 7) is 4.96. The van der Waals surface area contributed by atoms with Gasteiger partial charge in [-0.2, -0.15) is 9.61 Å². The van der Waals surface area contributed by atoms with E-state index >= 15 is 0 Å². The zero-order chi connectivity index (χ0) is 25.7. The Balaban J connectivity index is 1.20. The topological polar surface area (TPSA) is 111 Å². The molecule has 11 heteroatoms. The molecule has 0 unspecified atom stereocenters. The van der Waals surface area contributed by atoms with Crippen molar-refractivity contribution < 1.29 is 13.9 Å². The minimum Gasteiger partial charge on any atom is -0.383 e. The van der Waals surface area contributed by atoms with E-state index in [-0.39, 0.29) is 23.2 Å². The first-order valence-corrected chi connectivity index (χ1v) is 13.1. The lowest BCUT2D eigenvalue weighted by Gasteiger charge is -2.42. The van der Waals surface area contributed by atoms with Crippen LogP contribution < -0.4 is 11.1 Å². The van der Waals surface area contributed by atoms with Crippen LogP contribution in [0.15, 0.2) is 41.1 Å². The van der Waals surface area contributed by atoms with E-state index in [1.165, 1.54) is 12.1 Å². The molecule has 0 atom stereocenters. The Hall–Kier alpha value is -3.15. The third-order valence-electron chi connectivity index (χ3n) is 7.34. The average Bonchev–Trinajstić information content (AvgIpc) is 3.32. The molecule has 0 saturated carbocycles. The predicted octanol–water partition coefficient (Wildman–Crippen LogP) is 3.55. The number of hydrogen-bond acceptors (Lipinski definition) is 7. The Labute approximate surface area is 221 Å². The van der Waals surface area contributed by atoms with E-state index in [1.807, 2.05) is 17.9 Å². The number of piperidine rings is 1. The molecule has 0 radical (unpaired) electrons. The zero-order valence-electron chi connectivity index (χ0n) is 20.4. The monoisotopic (exact) mass is 567 g/mol. The van der Waals surface area contributed by atoms with Crippen LogP contribution in [0.25, 0.3) is 27.7 Å². The minimum absolute atomic E-state index is 0.194. The van der Waals surface area contributed by atoms with Crippen LogP contribution in [0, 0.1) is 11.2 Å². The van der Waals surface area contributed by atoms with Gasteiger partial charge in [-0.05, 0) is 60.0 Å². The van der Waals surface area contributed by atoms with Gasteiger partial charge in [0, 0.05) is 48.4 Å². The highest BCUT2D eigenvalue weighted by atomic mass is 79.9. The second-order valence-corrected chi connectivity index (χ2v) is 10.9. The summed E-state index contributed by atoms with van der Waals surface area (Å²) >= 11 is 3.59. The van der Waals surface area contributed by atoms with Crippen molar-refractivity contribution in [2.45, 2.75) is 32.4 Å². The summed E-state index contributed by atoms with van der Waals surface area (Å²) in [5.74, 6) is 0.329. The number of nitrogen functional groups attached to an aromatic ring is 1. The molecule has 0 spiro atoms. The van der Waals surface area contributed by atoms with E-state index in [4.69, 9.17) is 15.5 Å². The number of rotatable bonds is 5. The summed E-state index contributed by atoms with van der Waals surface area (Å²) in [6, 6.07) is 6.67. The van der Waals surface area contributed by atoms with Gasteiger partial charge < -0.3 is 20.7 Å². The van der Waals surface area contributed by atoms with Crippen molar-refractivity contribution >= 4 is 44.2 Å². The van der Waals surface area contributed by atoms with Gasteiger partial charge in [-0.25, -0.2) is 9.37 Å². The van der Waals surface area contributed by atoms with Gasteiger partial charge in [0.25, 0.3) is 0 Å². The van der Waals surface area contributed by atoms with Gasteiger partial charge in [0.05, 0.1) is 40.5 Å². The Bertz CT molecular complexity index is 1510. The number of pyridine rings is 1. The van der Waals surface area contributed by atoms with Crippen LogP contribution >= 0.6 is 15.9 Å². The third kappa shape index (κ3) is 4.34. The number of likely N-dealkylation sites (tertiary alicyclic amines) is 1. The van der Waals surface area contributed by atoms with Gasteiger partial charge in [0.1, 0.15) is 11.6 Å². The third-order valence-corrected chi connectivity index (χ3v) is 8.21. The minimum atomic E-state index is -0.361. The first kappa shape index (κ1) is 24.2. The highest BCUT2D eigenvalue weighted by molar-refractivity contribution is 9.10. The molecule has 192 valence electrons. The van der Waals surface area contributed by atoms with E-state index < -0.39 is 0 Å². The number of benzene rings is 1. The Morgan fingerprint density at radius 1 is 1.27 bits per heavy atom. The molecule has 4 aromatic rings. The van der Waals surface area contributed by atoms with E-state index in [1.54, 1.807) is 23.0 Å². The molecule has 1 aromatic carbocycles. The maximum atomic E-state index is 13.8. The smallest absolute Gasteiger partial charge is 0.233 e. The van der Waals surface area contributed by atoms with Gasteiger partial charge in [0.2, 0.25) is 5.91 Å². The maximum Gasteiger partial charge on any atom is 0.233 e. The number of aromatic nitrogens is 4. The molecule has 37 heavy (non-hydrogen) atoms. The number of halogens is 2.